The molecule has 0 aromatic carbocycles. The van der Waals surface area contributed by atoms with Gasteiger partial charge in [0.15, 0.2) is 0 Å². The first-order chi connectivity index (χ1) is 8.63. The maximum atomic E-state index is 11.7. The van der Waals surface area contributed by atoms with Crippen molar-refractivity contribution < 1.29 is 14.7 Å². The summed E-state index contributed by atoms with van der Waals surface area (Å²) in [6, 6.07) is 0.0283. The Labute approximate surface area is 109 Å². The number of amides is 2. The molecule has 0 bridgehead atoms. The van der Waals surface area contributed by atoms with Crippen molar-refractivity contribution >= 4 is 12.0 Å². The van der Waals surface area contributed by atoms with Crippen LogP contribution in [0.15, 0.2) is 0 Å². The topological polar surface area (TPSA) is 69.6 Å². The molecule has 1 fully saturated rings. The Morgan fingerprint density at radius 2 is 1.94 bits per heavy atom. The number of rotatable bonds is 7. The van der Waals surface area contributed by atoms with Gasteiger partial charge in [-0.25, -0.2) is 4.79 Å². The second kappa shape index (κ2) is 7.95. The molecular weight excluding hydrogens is 232 g/mol. The highest BCUT2D eigenvalue weighted by atomic mass is 16.4. The predicted octanol–water partition coefficient (Wildman–Crippen LogP) is 2.07. The number of carboxylic acids is 1. The molecule has 0 aliphatic carbocycles. The number of aliphatic carboxylic acids is 1. The van der Waals surface area contributed by atoms with Gasteiger partial charge in [0.1, 0.15) is 0 Å². The number of carboxylic acid groups (broad SMARTS) is 1. The molecule has 1 rings (SSSR count). The number of carbonyl (C=O) groups is 2. The van der Waals surface area contributed by atoms with Gasteiger partial charge in [-0.15, -0.1) is 0 Å². The van der Waals surface area contributed by atoms with E-state index in [2.05, 4.69) is 12.2 Å². The van der Waals surface area contributed by atoms with Crippen LogP contribution in [0, 0.1) is 5.92 Å². The average Bonchev–Trinajstić information content (AvgIpc) is 2.86. The lowest BCUT2D eigenvalue weighted by atomic mass is 9.97. The Kier molecular flexibility index (Phi) is 6.54. The Morgan fingerprint density at radius 1 is 1.28 bits per heavy atom. The molecule has 1 aliphatic rings. The van der Waals surface area contributed by atoms with E-state index < -0.39 is 5.97 Å². The van der Waals surface area contributed by atoms with Gasteiger partial charge in [0.2, 0.25) is 0 Å². The highest BCUT2D eigenvalue weighted by molar-refractivity contribution is 5.74. The zero-order chi connectivity index (χ0) is 13.4. The van der Waals surface area contributed by atoms with Crippen molar-refractivity contribution in [2.24, 2.45) is 5.92 Å². The average molecular weight is 256 g/mol. The van der Waals surface area contributed by atoms with Crippen LogP contribution < -0.4 is 5.32 Å². The van der Waals surface area contributed by atoms with Gasteiger partial charge in [-0.2, -0.15) is 0 Å². The number of urea groups is 1. The smallest absolute Gasteiger partial charge is 0.317 e. The molecule has 1 aliphatic heterocycles. The van der Waals surface area contributed by atoms with E-state index in [1.165, 1.54) is 0 Å². The number of nitrogens with zero attached hydrogens (tertiary/aromatic N) is 1. The van der Waals surface area contributed by atoms with E-state index in [4.69, 9.17) is 5.11 Å². The summed E-state index contributed by atoms with van der Waals surface area (Å²) >= 11 is 0. The first-order valence-corrected chi connectivity index (χ1v) is 6.88. The summed E-state index contributed by atoms with van der Waals surface area (Å²) in [7, 11) is 0. The molecule has 1 atom stereocenters. The minimum absolute atomic E-state index is 0.0283. The molecule has 0 spiro atoms. The van der Waals surface area contributed by atoms with Crippen molar-refractivity contribution in [3.05, 3.63) is 0 Å². The van der Waals surface area contributed by atoms with Crippen molar-refractivity contribution in [1.29, 1.82) is 0 Å². The molecule has 2 N–H and O–H groups in total. The third-order valence-corrected chi connectivity index (χ3v) is 3.57. The number of hydrogen-bond donors (Lipinski definition) is 2. The Bertz CT molecular complexity index is 275. The Hall–Kier alpha value is -1.26. The molecule has 0 aromatic heterocycles. The maximum Gasteiger partial charge on any atom is 0.317 e. The zero-order valence-electron chi connectivity index (χ0n) is 11.2. The third kappa shape index (κ3) is 5.38. The summed E-state index contributed by atoms with van der Waals surface area (Å²) in [4.78, 5) is 24.0. The van der Waals surface area contributed by atoms with Crippen molar-refractivity contribution in [2.75, 3.05) is 19.6 Å². The molecule has 18 heavy (non-hydrogen) atoms. The summed E-state index contributed by atoms with van der Waals surface area (Å²) < 4.78 is 0. The van der Waals surface area contributed by atoms with Crippen LogP contribution in [0.3, 0.4) is 0 Å². The van der Waals surface area contributed by atoms with Gasteiger partial charge < -0.3 is 15.3 Å². The molecule has 0 aromatic rings. The van der Waals surface area contributed by atoms with Crippen molar-refractivity contribution in [1.82, 2.24) is 10.2 Å². The molecule has 1 unspecified atom stereocenters. The molecule has 5 nitrogen and oxygen atoms in total. The van der Waals surface area contributed by atoms with Crippen molar-refractivity contribution in [3.63, 3.8) is 0 Å². The molecule has 0 saturated carbocycles. The summed E-state index contributed by atoms with van der Waals surface area (Å²) in [5.74, 6) is -0.352. The van der Waals surface area contributed by atoms with E-state index in [0.717, 1.165) is 38.8 Å². The Balaban J connectivity index is 2.14. The lowest BCUT2D eigenvalue weighted by Gasteiger charge is -2.18. The predicted molar refractivity (Wildman–Crippen MR) is 69.5 cm³/mol. The summed E-state index contributed by atoms with van der Waals surface area (Å²) in [5, 5.41) is 11.6. The maximum absolute atomic E-state index is 11.7. The molecule has 1 saturated heterocycles. The lowest BCUT2D eigenvalue weighted by Crippen LogP contribution is -2.38. The second-order valence-corrected chi connectivity index (χ2v) is 4.92. The summed E-state index contributed by atoms with van der Waals surface area (Å²) in [6.07, 6.45) is 4.95. The van der Waals surface area contributed by atoms with Crippen molar-refractivity contribution in [2.45, 2.75) is 45.4 Å². The first kappa shape index (κ1) is 14.8. The quantitative estimate of drug-likeness (QED) is 0.732. The van der Waals surface area contributed by atoms with Crippen LogP contribution in [0.5, 0.6) is 0 Å². The van der Waals surface area contributed by atoms with Gasteiger partial charge in [0, 0.05) is 26.1 Å². The first-order valence-electron chi connectivity index (χ1n) is 6.88. The van der Waals surface area contributed by atoms with E-state index in [1.54, 1.807) is 0 Å². The fraction of sp³-hybridized carbons (Fsp3) is 0.846. The molecule has 104 valence electrons. The Morgan fingerprint density at radius 3 is 2.50 bits per heavy atom. The summed E-state index contributed by atoms with van der Waals surface area (Å²) in [5.41, 5.74) is 0. The number of hydrogen-bond acceptors (Lipinski definition) is 2. The number of nitrogens with one attached hydrogen (secondary N) is 1. The minimum Gasteiger partial charge on any atom is -0.481 e. The molecule has 5 heteroatoms. The van der Waals surface area contributed by atoms with Crippen molar-refractivity contribution in [3.8, 4) is 0 Å². The fourth-order valence-corrected chi connectivity index (χ4v) is 2.30. The number of carbonyl (C=O) groups excluding carboxylic acids is 1. The van der Waals surface area contributed by atoms with E-state index in [1.807, 2.05) is 4.90 Å². The highest BCUT2D eigenvalue weighted by Gasteiger charge is 2.17. The van der Waals surface area contributed by atoms with Crippen LogP contribution in [0.25, 0.3) is 0 Å². The van der Waals surface area contributed by atoms with Gasteiger partial charge in [-0.05, 0) is 31.6 Å². The fourth-order valence-electron chi connectivity index (χ4n) is 2.30. The zero-order valence-corrected chi connectivity index (χ0v) is 11.2. The molecule has 1 heterocycles. The summed E-state index contributed by atoms with van der Waals surface area (Å²) in [6.45, 7) is 4.44. The van der Waals surface area contributed by atoms with Crippen LogP contribution >= 0.6 is 0 Å². The minimum atomic E-state index is -0.741. The molecule has 2 amide bonds. The monoisotopic (exact) mass is 256 g/mol. The molecular formula is C13H24N2O3. The standard InChI is InChI=1S/C13H24N2O3/c1-2-11(5-6-12(16)17)7-8-14-13(18)15-9-3-4-10-15/h11H,2-10H2,1H3,(H,14,18)(H,16,17). The van der Waals surface area contributed by atoms with Crippen LogP contribution in [0.4, 0.5) is 4.79 Å². The van der Waals surface area contributed by atoms with Gasteiger partial charge in [-0.1, -0.05) is 13.3 Å². The van der Waals surface area contributed by atoms with E-state index in [-0.39, 0.29) is 12.5 Å². The largest absolute Gasteiger partial charge is 0.481 e. The number of likely N-dealkylation sites (tertiary alicyclic amines) is 1. The van der Waals surface area contributed by atoms with Gasteiger partial charge in [-0.3, -0.25) is 4.79 Å². The normalized spacial score (nSPS) is 16.6. The SMILES string of the molecule is CCC(CCNC(=O)N1CCCC1)CCC(=O)O. The van der Waals surface area contributed by atoms with E-state index in [9.17, 15) is 9.59 Å². The van der Waals surface area contributed by atoms with Crippen LogP contribution in [0.1, 0.15) is 45.4 Å². The second-order valence-electron chi connectivity index (χ2n) is 4.92. The van der Waals surface area contributed by atoms with Crippen LogP contribution in [0.2, 0.25) is 0 Å². The molecule has 0 radical (unpaired) electrons. The van der Waals surface area contributed by atoms with Gasteiger partial charge >= 0.3 is 12.0 Å². The van der Waals surface area contributed by atoms with E-state index in [0.29, 0.717) is 18.9 Å². The highest BCUT2D eigenvalue weighted by Crippen LogP contribution is 2.15. The van der Waals surface area contributed by atoms with E-state index >= 15 is 0 Å². The van der Waals surface area contributed by atoms with Gasteiger partial charge in [0.05, 0.1) is 0 Å². The van der Waals surface area contributed by atoms with Gasteiger partial charge in [0.25, 0.3) is 0 Å². The van der Waals surface area contributed by atoms with Crippen LogP contribution in [-0.4, -0.2) is 41.6 Å². The van der Waals surface area contributed by atoms with Crippen LogP contribution in [-0.2, 0) is 4.79 Å². The third-order valence-electron chi connectivity index (χ3n) is 3.57. The lowest BCUT2D eigenvalue weighted by molar-refractivity contribution is -0.137.